The van der Waals surface area contributed by atoms with E-state index in [1.165, 1.54) is 38.2 Å². The van der Waals surface area contributed by atoms with Crippen molar-refractivity contribution >= 4 is 21.5 Å². The second-order valence-corrected chi connectivity index (χ2v) is 7.52. The zero-order valence-electron chi connectivity index (χ0n) is 14.5. The lowest BCUT2D eigenvalue weighted by Gasteiger charge is -2.21. The first kappa shape index (κ1) is 15.0. The third kappa shape index (κ3) is 2.49. The van der Waals surface area contributed by atoms with Crippen molar-refractivity contribution in [3.63, 3.8) is 0 Å². The first-order chi connectivity index (χ1) is 11.5. The minimum absolute atomic E-state index is 0.147. The van der Waals surface area contributed by atoms with Crippen molar-refractivity contribution in [2.24, 2.45) is 0 Å². The van der Waals surface area contributed by atoms with Crippen LogP contribution in [0.5, 0.6) is 0 Å². The van der Waals surface area contributed by atoms with Crippen LogP contribution in [0.25, 0.3) is 32.7 Å². The summed E-state index contributed by atoms with van der Waals surface area (Å²) in [5.41, 5.74) is 4.12. The van der Waals surface area contributed by atoms with E-state index in [4.69, 9.17) is 0 Å². The Morgan fingerprint density at radius 2 is 1.29 bits per heavy atom. The summed E-state index contributed by atoms with van der Waals surface area (Å²) in [6, 6.07) is 28.7. The van der Waals surface area contributed by atoms with Gasteiger partial charge in [-0.3, -0.25) is 0 Å². The van der Waals surface area contributed by atoms with E-state index in [1.54, 1.807) is 0 Å². The lowest BCUT2D eigenvalue weighted by atomic mass is 9.84. The van der Waals surface area contributed by atoms with E-state index in [9.17, 15) is 0 Å². The lowest BCUT2D eigenvalue weighted by Crippen LogP contribution is -2.10. The normalized spacial score (nSPS) is 12.0. The first-order valence-electron chi connectivity index (χ1n) is 8.55. The van der Waals surface area contributed by atoms with Crippen LogP contribution in [-0.2, 0) is 5.41 Å². The molecule has 24 heavy (non-hydrogen) atoms. The second-order valence-electron chi connectivity index (χ2n) is 7.52. The van der Waals surface area contributed by atoms with E-state index in [0.29, 0.717) is 0 Å². The summed E-state index contributed by atoms with van der Waals surface area (Å²) in [5.74, 6) is 0. The molecule has 0 spiro atoms. The van der Waals surface area contributed by atoms with E-state index in [0.717, 1.165) is 0 Å². The maximum Gasteiger partial charge on any atom is -0.00960 e. The highest BCUT2D eigenvalue weighted by Gasteiger charge is 2.16. The molecule has 0 saturated heterocycles. The third-order valence-corrected chi connectivity index (χ3v) is 4.81. The molecule has 0 atom stereocenters. The van der Waals surface area contributed by atoms with Crippen molar-refractivity contribution in [3.8, 4) is 11.1 Å². The van der Waals surface area contributed by atoms with Crippen LogP contribution in [0, 0.1) is 0 Å². The highest BCUT2D eigenvalue weighted by Crippen LogP contribution is 2.37. The summed E-state index contributed by atoms with van der Waals surface area (Å²) in [7, 11) is 0. The smallest absolute Gasteiger partial charge is 0.00960 e. The van der Waals surface area contributed by atoms with Crippen LogP contribution in [0.3, 0.4) is 0 Å². The highest BCUT2D eigenvalue weighted by atomic mass is 14.2. The maximum absolute atomic E-state index is 2.38. The molecule has 0 saturated carbocycles. The zero-order chi connectivity index (χ0) is 16.7. The topological polar surface area (TPSA) is 0 Å². The fraction of sp³-hybridized carbons (Fsp3) is 0.167. The molecule has 0 aliphatic rings. The van der Waals surface area contributed by atoms with E-state index >= 15 is 0 Å². The maximum atomic E-state index is 2.38. The van der Waals surface area contributed by atoms with E-state index in [1.807, 2.05) is 0 Å². The standard InChI is InChI=1S/C24H22/c1-24(2,3)19-13-14-21-20-12-8-7-11-18(20)15-22(23(21)16-19)17-9-5-4-6-10-17/h4-16H,1-3H3. The molecule has 0 N–H and O–H groups in total. The van der Waals surface area contributed by atoms with Gasteiger partial charge in [-0.25, -0.2) is 0 Å². The van der Waals surface area contributed by atoms with Gasteiger partial charge in [-0.05, 0) is 55.8 Å². The molecule has 0 radical (unpaired) electrons. The number of fused-ring (bicyclic) bond motifs is 3. The van der Waals surface area contributed by atoms with Crippen LogP contribution >= 0.6 is 0 Å². The Bertz CT molecular complexity index is 1020. The SMILES string of the molecule is CC(C)(C)c1ccc2c(c1)c(-c1ccccc1)cc1ccccc12. The molecule has 118 valence electrons. The Kier molecular flexibility index (Phi) is 3.42. The Balaban J connectivity index is 2.14. The average Bonchev–Trinajstić information content (AvgIpc) is 2.60. The van der Waals surface area contributed by atoms with Gasteiger partial charge in [-0.15, -0.1) is 0 Å². The molecule has 0 bridgehead atoms. The molecule has 0 unspecified atom stereocenters. The summed E-state index contributed by atoms with van der Waals surface area (Å²) >= 11 is 0. The monoisotopic (exact) mass is 310 g/mol. The van der Waals surface area contributed by atoms with Crippen LogP contribution in [0.15, 0.2) is 78.9 Å². The van der Waals surface area contributed by atoms with E-state index in [-0.39, 0.29) is 5.41 Å². The van der Waals surface area contributed by atoms with Crippen LogP contribution in [0.4, 0.5) is 0 Å². The van der Waals surface area contributed by atoms with Gasteiger partial charge in [0, 0.05) is 0 Å². The quantitative estimate of drug-likeness (QED) is 0.333. The predicted molar refractivity (Wildman–Crippen MR) is 106 cm³/mol. The van der Waals surface area contributed by atoms with Crippen molar-refractivity contribution in [3.05, 3.63) is 84.4 Å². The molecule has 0 aromatic heterocycles. The molecule has 0 aliphatic carbocycles. The molecule has 0 aliphatic heterocycles. The molecule has 4 aromatic rings. The van der Waals surface area contributed by atoms with Gasteiger partial charge < -0.3 is 0 Å². The van der Waals surface area contributed by atoms with E-state index in [2.05, 4.69) is 99.6 Å². The summed E-state index contributed by atoms with van der Waals surface area (Å²) in [4.78, 5) is 0. The minimum atomic E-state index is 0.147. The molecule has 0 heterocycles. The second kappa shape index (κ2) is 5.49. The van der Waals surface area contributed by atoms with Crippen LogP contribution in [0.2, 0.25) is 0 Å². The lowest BCUT2D eigenvalue weighted by molar-refractivity contribution is 0.591. The summed E-state index contributed by atoms with van der Waals surface area (Å²) in [5, 5.41) is 5.30. The fourth-order valence-corrected chi connectivity index (χ4v) is 3.43. The van der Waals surface area contributed by atoms with E-state index < -0.39 is 0 Å². The van der Waals surface area contributed by atoms with Gasteiger partial charge in [0.2, 0.25) is 0 Å². The number of hydrogen-bond donors (Lipinski definition) is 0. The van der Waals surface area contributed by atoms with Gasteiger partial charge in [-0.2, -0.15) is 0 Å². The molecule has 4 rings (SSSR count). The summed E-state index contributed by atoms with van der Waals surface area (Å²) < 4.78 is 0. The molecule has 0 fully saturated rings. The van der Waals surface area contributed by atoms with Crippen molar-refractivity contribution < 1.29 is 0 Å². The van der Waals surface area contributed by atoms with Crippen LogP contribution < -0.4 is 0 Å². The summed E-state index contributed by atoms with van der Waals surface area (Å²) in [6.45, 7) is 6.83. The predicted octanol–water partition coefficient (Wildman–Crippen LogP) is 6.96. The van der Waals surface area contributed by atoms with Crippen molar-refractivity contribution in [2.75, 3.05) is 0 Å². The molecular formula is C24H22. The Labute approximate surface area is 143 Å². The summed E-state index contributed by atoms with van der Waals surface area (Å²) in [6.07, 6.45) is 0. The fourth-order valence-electron chi connectivity index (χ4n) is 3.43. The largest absolute Gasteiger partial charge is 0.0622 e. The Morgan fingerprint density at radius 3 is 2.04 bits per heavy atom. The van der Waals surface area contributed by atoms with Crippen molar-refractivity contribution in [1.82, 2.24) is 0 Å². The van der Waals surface area contributed by atoms with Gasteiger partial charge in [-0.1, -0.05) is 87.5 Å². The molecule has 0 amide bonds. The van der Waals surface area contributed by atoms with Gasteiger partial charge in [0.1, 0.15) is 0 Å². The third-order valence-electron chi connectivity index (χ3n) is 4.81. The number of benzene rings is 4. The number of hydrogen-bond acceptors (Lipinski definition) is 0. The molecule has 0 heteroatoms. The van der Waals surface area contributed by atoms with Crippen LogP contribution in [-0.4, -0.2) is 0 Å². The Hall–Kier alpha value is -2.60. The first-order valence-corrected chi connectivity index (χ1v) is 8.55. The molecule has 0 nitrogen and oxygen atoms in total. The van der Waals surface area contributed by atoms with Gasteiger partial charge in [0.05, 0.1) is 0 Å². The van der Waals surface area contributed by atoms with Gasteiger partial charge >= 0.3 is 0 Å². The molecule has 4 aromatic carbocycles. The van der Waals surface area contributed by atoms with Gasteiger partial charge in [0.15, 0.2) is 0 Å². The van der Waals surface area contributed by atoms with Crippen LogP contribution in [0.1, 0.15) is 26.3 Å². The average molecular weight is 310 g/mol. The highest BCUT2D eigenvalue weighted by molar-refractivity contribution is 6.13. The van der Waals surface area contributed by atoms with Gasteiger partial charge in [0.25, 0.3) is 0 Å². The zero-order valence-corrected chi connectivity index (χ0v) is 14.5. The molecular weight excluding hydrogens is 288 g/mol. The van der Waals surface area contributed by atoms with Crippen molar-refractivity contribution in [2.45, 2.75) is 26.2 Å². The number of rotatable bonds is 1. The minimum Gasteiger partial charge on any atom is -0.0622 e. The van der Waals surface area contributed by atoms with Crippen molar-refractivity contribution in [1.29, 1.82) is 0 Å². The Morgan fingerprint density at radius 1 is 0.583 bits per heavy atom.